The van der Waals surface area contributed by atoms with Gasteiger partial charge in [0.2, 0.25) is 5.91 Å². The van der Waals surface area contributed by atoms with Crippen LogP contribution in [0.15, 0.2) is 0 Å². The van der Waals surface area contributed by atoms with Crippen LogP contribution in [-0.2, 0) is 14.3 Å². The molecule has 1 N–H and O–H groups in total. The molecule has 0 aliphatic carbocycles. The van der Waals surface area contributed by atoms with Gasteiger partial charge in [-0.25, -0.2) is 0 Å². The van der Waals surface area contributed by atoms with E-state index in [1.807, 2.05) is 11.8 Å². The van der Waals surface area contributed by atoms with E-state index in [0.29, 0.717) is 0 Å². The Hall–Kier alpha value is -1.10. The Morgan fingerprint density at radius 2 is 2.29 bits per heavy atom. The highest BCUT2D eigenvalue weighted by Gasteiger charge is 2.30. The van der Waals surface area contributed by atoms with E-state index >= 15 is 0 Å². The number of hydrogen-bond acceptors (Lipinski definition) is 4. The molecule has 1 atom stereocenters. The highest BCUT2D eigenvalue weighted by atomic mass is 16.5. The topological polar surface area (TPSA) is 58.6 Å². The summed E-state index contributed by atoms with van der Waals surface area (Å²) in [7, 11) is 0. The average Bonchev–Trinajstić information content (AvgIpc) is 2.23. The summed E-state index contributed by atoms with van der Waals surface area (Å²) in [6, 6.07) is -0.415. The first-order valence-electron chi connectivity index (χ1n) is 6.26. The van der Waals surface area contributed by atoms with Crippen LogP contribution in [0, 0.1) is 0 Å². The number of rotatable bonds is 5. The highest BCUT2D eigenvalue weighted by Crippen LogP contribution is 2.07. The van der Waals surface area contributed by atoms with Crippen LogP contribution in [0.4, 0.5) is 0 Å². The van der Waals surface area contributed by atoms with Crippen molar-refractivity contribution < 1.29 is 14.3 Å². The number of esters is 1. The van der Waals surface area contributed by atoms with E-state index in [1.54, 1.807) is 13.8 Å². The van der Waals surface area contributed by atoms with Crippen molar-refractivity contribution in [2.24, 2.45) is 0 Å². The normalized spacial score (nSPS) is 20.8. The molecule has 1 rings (SSSR count). The van der Waals surface area contributed by atoms with Gasteiger partial charge in [0.05, 0.1) is 18.6 Å². The predicted molar refractivity (Wildman–Crippen MR) is 64.5 cm³/mol. The molecule has 0 bridgehead atoms. The van der Waals surface area contributed by atoms with Gasteiger partial charge in [-0.2, -0.15) is 0 Å². The summed E-state index contributed by atoms with van der Waals surface area (Å²) < 4.78 is 5.05. The van der Waals surface area contributed by atoms with Crippen molar-refractivity contribution in [2.45, 2.75) is 45.8 Å². The summed E-state index contributed by atoms with van der Waals surface area (Å²) in [6.45, 7) is 7.87. The third-order valence-corrected chi connectivity index (χ3v) is 2.61. The van der Waals surface area contributed by atoms with E-state index in [2.05, 4.69) is 5.32 Å². The first kappa shape index (κ1) is 14.0. The van der Waals surface area contributed by atoms with Gasteiger partial charge in [-0.15, -0.1) is 0 Å². The Morgan fingerprint density at radius 3 is 2.88 bits per heavy atom. The smallest absolute Gasteiger partial charge is 0.308 e. The number of hydrogen-bond donors (Lipinski definition) is 1. The molecule has 1 heterocycles. The predicted octanol–water partition coefficient (Wildman–Crippen LogP) is 0.538. The molecule has 5 heteroatoms. The Bertz CT molecular complexity index is 277. The summed E-state index contributed by atoms with van der Waals surface area (Å²) in [5, 5.41) is 3.07. The monoisotopic (exact) mass is 242 g/mol. The Balaban J connectivity index is 2.47. The molecular weight excluding hydrogens is 220 g/mol. The van der Waals surface area contributed by atoms with Crippen molar-refractivity contribution in [3.05, 3.63) is 0 Å². The maximum atomic E-state index is 12.0. The molecule has 1 unspecified atom stereocenters. The first-order chi connectivity index (χ1) is 8.04. The molecule has 1 saturated heterocycles. The van der Waals surface area contributed by atoms with Crippen molar-refractivity contribution in [3.8, 4) is 0 Å². The van der Waals surface area contributed by atoms with Crippen molar-refractivity contribution in [1.29, 1.82) is 0 Å². The summed E-state index contributed by atoms with van der Waals surface area (Å²) in [5.74, 6) is -0.303. The third-order valence-electron chi connectivity index (χ3n) is 2.61. The minimum Gasteiger partial charge on any atom is -0.463 e. The van der Waals surface area contributed by atoms with E-state index in [-0.39, 0.29) is 24.4 Å². The van der Waals surface area contributed by atoms with E-state index in [1.165, 1.54) is 0 Å². The lowest BCUT2D eigenvalue weighted by Crippen LogP contribution is -2.55. The van der Waals surface area contributed by atoms with Gasteiger partial charge in [0, 0.05) is 19.6 Å². The van der Waals surface area contributed by atoms with Crippen LogP contribution in [0.3, 0.4) is 0 Å². The highest BCUT2D eigenvalue weighted by molar-refractivity contribution is 5.87. The van der Waals surface area contributed by atoms with Gasteiger partial charge < -0.3 is 15.0 Å². The largest absolute Gasteiger partial charge is 0.463 e. The second kappa shape index (κ2) is 6.59. The number of carbonyl (C=O) groups is 2. The van der Waals surface area contributed by atoms with Gasteiger partial charge in [-0.3, -0.25) is 9.59 Å². The van der Waals surface area contributed by atoms with Gasteiger partial charge >= 0.3 is 5.97 Å². The Labute approximate surface area is 102 Å². The molecule has 0 saturated carbocycles. The quantitative estimate of drug-likeness (QED) is 0.715. The molecule has 0 aromatic carbocycles. The molecule has 98 valence electrons. The zero-order valence-corrected chi connectivity index (χ0v) is 10.9. The summed E-state index contributed by atoms with van der Waals surface area (Å²) >= 11 is 0. The Kier molecular flexibility index (Phi) is 5.41. The van der Waals surface area contributed by atoms with E-state index in [4.69, 9.17) is 4.74 Å². The van der Waals surface area contributed by atoms with Crippen LogP contribution in [0.2, 0.25) is 0 Å². The standard InChI is InChI=1S/C12H22N2O3/c1-4-6-14-7-5-13-10(12(14)16)8-11(15)17-9(2)3/h9-10,13H,4-8H2,1-3H3. The SMILES string of the molecule is CCCN1CCNC(CC(=O)OC(C)C)C1=O. The van der Waals surface area contributed by atoms with Crippen molar-refractivity contribution in [3.63, 3.8) is 0 Å². The van der Waals surface area contributed by atoms with Gasteiger partial charge in [-0.1, -0.05) is 6.92 Å². The molecule has 0 aromatic rings. The number of carbonyl (C=O) groups excluding carboxylic acids is 2. The van der Waals surface area contributed by atoms with Crippen molar-refractivity contribution in [1.82, 2.24) is 10.2 Å². The molecule has 0 radical (unpaired) electrons. The second-order valence-corrected chi connectivity index (χ2v) is 4.57. The summed E-state index contributed by atoms with van der Waals surface area (Å²) in [6.07, 6.45) is 0.930. The Morgan fingerprint density at radius 1 is 1.59 bits per heavy atom. The van der Waals surface area contributed by atoms with Crippen LogP contribution >= 0.6 is 0 Å². The van der Waals surface area contributed by atoms with Crippen LogP contribution in [0.25, 0.3) is 0 Å². The number of ether oxygens (including phenoxy) is 1. The summed E-state index contributed by atoms with van der Waals surface area (Å²) in [5.41, 5.74) is 0. The van der Waals surface area contributed by atoms with E-state index < -0.39 is 6.04 Å². The van der Waals surface area contributed by atoms with Gasteiger partial charge in [0.1, 0.15) is 0 Å². The van der Waals surface area contributed by atoms with Crippen LogP contribution in [-0.4, -0.2) is 48.6 Å². The van der Waals surface area contributed by atoms with Crippen molar-refractivity contribution >= 4 is 11.9 Å². The maximum Gasteiger partial charge on any atom is 0.308 e. The average molecular weight is 242 g/mol. The molecule has 1 fully saturated rings. The molecule has 1 aliphatic heterocycles. The molecule has 0 spiro atoms. The van der Waals surface area contributed by atoms with Gasteiger partial charge in [-0.05, 0) is 20.3 Å². The molecule has 17 heavy (non-hydrogen) atoms. The lowest BCUT2D eigenvalue weighted by Gasteiger charge is -2.32. The van der Waals surface area contributed by atoms with Crippen LogP contribution in [0.1, 0.15) is 33.6 Å². The van der Waals surface area contributed by atoms with E-state index in [9.17, 15) is 9.59 Å². The van der Waals surface area contributed by atoms with Crippen molar-refractivity contribution in [2.75, 3.05) is 19.6 Å². The molecular formula is C12H22N2O3. The molecule has 0 aromatic heterocycles. The summed E-state index contributed by atoms with van der Waals surface area (Å²) in [4.78, 5) is 25.3. The zero-order chi connectivity index (χ0) is 12.8. The van der Waals surface area contributed by atoms with Gasteiger partial charge in [0.15, 0.2) is 0 Å². The zero-order valence-electron chi connectivity index (χ0n) is 10.9. The fourth-order valence-corrected chi connectivity index (χ4v) is 1.92. The molecule has 5 nitrogen and oxygen atoms in total. The number of piperazine rings is 1. The molecule has 1 amide bonds. The van der Waals surface area contributed by atoms with Crippen LogP contribution < -0.4 is 5.32 Å². The lowest BCUT2D eigenvalue weighted by atomic mass is 10.1. The number of nitrogens with one attached hydrogen (secondary N) is 1. The molecule has 1 aliphatic rings. The fourth-order valence-electron chi connectivity index (χ4n) is 1.92. The maximum absolute atomic E-state index is 12.0. The fraction of sp³-hybridized carbons (Fsp3) is 0.833. The lowest BCUT2D eigenvalue weighted by molar-refractivity contribution is -0.151. The number of nitrogens with zero attached hydrogens (tertiary/aromatic N) is 1. The minimum atomic E-state index is -0.415. The third kappa shape index (κ3) is 4.34. The second-order valence-electron chi connectivity index (χ2n) is 4.57. The first-order valence-corrected chi connectivity index (χ1v) is 6.26. The van der Waals surface area contributed by atoms with E-state index in [0.717, 1.165) is 26.1 Å². The van der Waals surface area contributed by atoms with Gasteiger partial charge in [0.25, 0.3) is 0 Å². The van der Waals surface area contributed by atoms with Crippen LogP contribution in [0.5, 0.6) is 0 Å². The minimum absolute atomic E-state index is 0.0128. The number of amides is 1.